The minimum Gasteiger partial charge on any atom is -0.468 e. The Hall–Kier alpha value is -1.29. The van der Waals surface area contributed by atoms with Gasteiger partial charge in [0.2, 0.25) is 5.91 Å². The van der Waals surface area contributed by atoms with Crippen LogP contribution in [0, 0.1) is 0 Å². The predicted molar refractivity (Wildman–Crippen MR) is 65.5 cm³/mol. The molecule has 0 aliphatic heterocycles. The lowest BCUT2D eigenvalue weighted by molar-refractivity contribution is -0.121. The van der Waals surface area contributed by atoms with Gasteiger partial charge in [-0.3, -0.25) is 4.79 Å². The molecule has 0 radical (unpaired) electrons. The van der Waals surface area contributed by atoms with Crippen LogP contribution in [0.4, 0.5) is 0 Å². The number of carbonyl (C=O) groups is 1. The van der Waals surface area contributed by atoms with Crippen LogP contribution in [0.25, 0.3) is 0 Å². The molecule has 1 fully saturated rings. The number of carbonyl (C=O) groups excluding carboxylic acids is 1. The molecular weight excluding hydrogens is 216 g/mol. The molecular formula is C13H20N2O2. The fourth-order valence-electron chi connectivity index (χ4n) is 1.73. The van der Waals surface area contributed by atoms with Crippen molar-refractivity contribution < 1.29 is 9.21 Å². The van der Waals surface area contributed by atoms with Crippen LogP contribution in [0.15, 0.2) is 22.8 Å². The summed E-state index contributed by atoms with van der Waals surface area (Å²) in [5.74, 6) is 1.12. The molecule has 1 amide bonds. The van der Waals surface area contributed by atoms with Gasteiger partial charge in [0.15, 0.2) is 0 Å². The van der Waals surface area contributed by atoms with Gasteiger partial charge in [-0.2, -0.15) is 0 Å². The topological polar surface area (TPSA) is 54.3 Å². The van der Waals surface area contributed by atoms with Crippen molar-refractivity contribution >= 4 is 5.91 Å². The van der Waals surface area contributed by atoms with Gasteiger partial charge in [-0.1, -0.05) is 0 Å². The molecule has 1 aliphatic carbocycles. The third-order valence-corrected chi connectivity index (χ3v) is 2.94. The van der Waals surface area contributed by atoms with E-state index in [2.05, 4.69) is 17.6 Å². The second-order valence-corrected chi connectivity index (χ2v) is 4.64. The molecule has 1 aliphatic rings. The maximum atomic E-state index is 11.4. The molecule has 1 heterocycles. The molecule has 1 aromatic rings. The molecule has 2 N–H and O–H groups in total. The summed E-state index contributed by atoms with van der Waals surface area (Å²) >= 11 is 0. The lowest BCUT2D eigenvalue weighted by atomic mass is 10.2. The van der Waals surface area contributed by atoms with Gasteiger partial charge < -0.3 is 15.1 Å². The Labute approximate surface area is 102 Å². The lowest BCUT2D eigenvalue weighted by Gasteiger charge is -2.10. The highest BCUT2D eigenvalue weighted by Crippen LogP contribution is 2.18. The summed E-state index contributed by atoms with van der Waals surface area (Å²) in [6.07, 6.45) is 5.45. The van der Waals surface area contributed by atoms with Crippen molar-refractivity contribution in [3.8, 4) is 0 Å². The van der Waals surface area contributed by atoms with Crippen LogP contribution in [0.2, 0.25) is 0 Å². The van der Waals surface area contributed by atoms with Gasteiger partial charge in [0, 0.05) is 12.5 Å². The molecule has 1 aromatic heterocycles. The number of hydrogen-bond donors (Lipinski definition) is 2. The maximum Gasteiger partial charge on any atom is 0.220 e. The van der Waals surface area contributed by atoms with Crippen molar-refractivity contribution in [1.82, 2.24) is 10.6 Å². The fraction of sp³-hybridized carbons (Fsp3) is 0.615. The van der Waals surface area contributed by atoms with E-state index in [0.29, 0.717) is 12.5 Å². The van der Waals surface area contributed by atoms with E-state index in [1.807, 2.05) is 12.1 Å². The quantitative estimate of drug-likeness (QED) is 0.712. The molecule has 94 valence electrons. The average molecular weight is 236 g/mol. The molecule has 1 saturated carbocycles. The van der Waals surface area contributed by atoms with Crippen molar-refractivity contribution in [2.45, 2.75) is 44.7 Å². The summed E-state index contributed by atoms with van der Waals surface area (Å²) < 4.78 is 5.29. The summed E-state index contributed by atoms with van der Waals surface area (Å²) in [5, 5.41) is 6.32. The Morgan fingerprint density at radius 3 is 3.06 bits per heavy atom. The van der Waals surface area contributed by atoms with Gasteiger partial charge in [-0.15, -0.1) is 0 Å². The minimum atomic E-state index is 0.181. The minimum absolute atomic E-state index is 0.181. The van der Waals surface area contributed by atoms with Crippen LogP contribution in [-0.4, -0.2) is 18.5 Å². The largest absolute Gasteiger partial charge is 0.468 e. The molecule has 0 spiro atoms. The first-order chi connectivity index (χ1) is 8.25. The Morgan fingerprint density at radius 1 is 1.59 bits per heavy atom. The highest BCUT2D eigenvalue weighted by Gasteiger charge is 2.22. The van der Waals surface area contributed by atoms with Crippen LogP contribution in [-0.2, 0) is 4.79 Å². The summed E-state index contributed by atoms with van der Waals surface area (Å²) in [6.45, 7) is 2.89. The van der Waals surface area contributed by atoms with E-state index in [9.17, 15) is 4.79 Å². The molecule has 0 aromatic carbocycles. The van der Waals surface area contributed by atoms with E-state index < -0.39 is 0 Å². The first kappa shape index (κ1) is 12.2. The van der Waals surface area contributed by atoms with Gasteiger partial charge >= 0.3 is 0 Å². The number of amides is 1. The van der Waals surface area contributed by atoms with Crippen LogP contribution < -0.4 is 10.6 Å². The molecule has 4 nitrogen and oxygen atoms in total. The van der Waals surface area contributed by atoms with E-state index in [1.165, 1.54) is 0 Å². The van der Waals surface area contributed by atoms with Crippen molar-refractivity contribution in [3.63, 3.8) is 0 Å². The van der Waals surface area contributed by atoms with Gasteiger partial charge in [-0.25, -0.2) is 0 Å². The summed E-state index contributed by atoms with van der Waals surface area (Å²) in [5.41, 5.74) is 0. The van der Waals surface area contributed by atoms with Gasteiger partial charge in [0.1, 0.15) is 5.76 Å². The summed E-state index contributed by atoms with van der Waals surface area (Å²) in [4.78, 5) is 11.4. The molecule has 1 unspecified atom stereocenters. The number of furan rings is 1. The lowest BCUT2D eigenvalue weighted by Crippen LogP contribution is -2.27. The number of nitrogens with one attached hydrogen (secondary N) is 2. The van der Waals surface area contributed by atoms with Crippen molar-refractivity contribution in [1.29, 1.82) is 0 Å². The molecule has 17 heavy (non-hydrogen) atoms. The molecule has 2 rings (SSSR count). The van der Waals surface area contributed by atoms with Crippen molar-refractivity contribution in [3.05, 3.63) is 24.2 Å². The second kappa shape index (κ2) is 5.87. The first-order valence-corrected chi connectivity index (χ1v) is 6.32. The van der Waals surface area contributed by atoms with E-state index in [0.717, 1.165) is 31.6 Å². The van der Waals surface area contributed by atoms with E-state index in [-0.39, 0.29) is 11.9 Å². The summed E-state index contributed by atoms with van der Waals surface area (Å²) in [6, 6.07) is 4.52. The Kier molecular flexibility index (Phi) is 4.20. The van der Waals surface area contributed by atoms with Gasteiger partial charge in [0.05, 0.1) is 12.3 Å². The van der Waals surface area contributed by atoms with Gasteiger partial charge in [-0.05, 0) is 44.9 Å². The number of hydrogen-bond acceptors (Lipinski definition) is 3. The van der Waals surface area contributed by atoms with E-state index >= 15 is 0 Å². The van der Waals surface area contributed by atoms with Crippen molar-refractivity contribution in [2.24, 2.45) is 0 Å². The molecule has 1 atom stereocenters. The van der Waals surface area contributed by atoms with Crippen LogP contribution >= 0.6 is 0 Å². The zero-order valence-corrected chi connectivity index (χ0v) is 10.2. The smallest absolute Gasteiger partial charge is 0.220 e. The third kappa shape index (κ3) is 4.23. The number of rotatable bonds is 7. The SMILES string of the molecule is CC(NCCCC(=O)NC1CC1)c1ccco1. The average Bonchev–Trinajstić information content (AvgIpc) is 2.96. The zero-order valence-electron chi connectivity index (χ0n) is 10.2. The van der Waals surface area contributed by atoms with Gasteiger partial charge in [0.25, 0.3) is 0 Å². The highest BCUT2D eigenvalue weighted by molar-refractivity contribution is 5.76. The van der Waals surface area contributed by atoms with Crippen molar-refractivity contribution in [2.75, 3.05) is 6.54 Å². The van der Waals surface area contributed by atoms with Crippen LogP contribution in [0.5, 0.6) is 0 Å². The summed E-state index contributed by atoms with van der Waals surface area (Å²) in [7, 11) is 0. The standard InChI is InChI=1S/C13H20N2O2/c1-10(12-4-3-9-17-12)14-8-2-5-13(16)15-11-6-7-11/h3-4,9-11,14H,2,5-8H2,1H3,(H,15,16). The predicted octanol–water partition coefficient (Wildman–Crippen LogP) is 1.99. The Balaban J connectivity index is 1.54. The molecule has 0 saturated heterocycles. The Bertz CT molecular complexity index is 344. The molecule has 4 heteroatoms. The first-order valence-electron chi connectivity index (χ1n) is 6.32. The van der Waals surface area contributed by atoms with Crippen LogP contribution in [0.1, 0.15) is 44.4 Å². The maximum absolute atomic E-state index is 11.4. The van der Waals surface area contributed by atoms with Crippen LogP contribution in [0.3, 0.4) is 0 Å². The van der Waals surface area contributed by atoms with E-state index in [4.69, 9.17) is 4.42 Å². The normalized spacial score (nSPS) is 16.8. The highest BCUT2D eigenvalue weighted by atomic mass is 16.3. The van der Waals surface area contributed by atoms with E-state index in [1.54, 1.807) is 6.26 Å². The second-order valence-electron chi connectivity index (χ2n) is 4.64. The zero-order chi connectivity index (χ0) is 12.1. The monoisotopic (exact) mass is 236 g/mol. The third-order valence-electron chi connectivity index (χ3n) is 2.94. The molecule has 0 bridgehead atoms. The Morgan fingerprint density at radius 2 is 2.41 bits per heavy atom. The fourth-order valence-corrected chi connectivity index (χ4v) is 1.73.